The van der Waals surface area contributed by atoms with E-state index in [0.717, 1.165) is 47.5 Å². The highest BCUT2D eigenvalue weighted by molar-refractivity contribution is 5.91. The van der Waals surface area contributed by atoms with Crippen LogP contribution in [0.2, 0.25) is 0 Å². The maximum Gasteiger partial charge on any atom is 0.153 e. The van der Waals surface area contributed by atoms with Gasteiger partial charge in [0.25, 0.3) is 0 Å². The van der Waals surface area contributed by atoms with Gasteiger partial charge in [0.1, 0.15) is 11.6 Å². The highest BCUT2D eigenvalue weighted by atomic mass is 16.3. The molecule has 7 nitrogen and oxygen atoms in total. The van der Waals surface area contributed by atoms with Crippen LogP contribution in [-0.4, -0.2) is 37.4 Å². The Bertz CT molecular complexity index is 952. The lowest BCUT2D eigenvalue weighted by atomic mass is 9.93. The van der Waals surface area contributed by atoms with Gasteiger partial charge < -0.3 is 15.7 Å². The number of aromatic nitrogens is 4. The summed E-state index contributed by atoms with van der Waals surface area (Å²) in [5.74, 6) is 3.24. The summed E-state index contributed by atoms with van der Waals surface area (Å²) < 4.78 is 0. The molecule has 3 heterocycles. The molecule has 7 heteroatoms. The number of hydrogen-bond donors (Lipinski definition) is 4. The number of aryl methyl sites for hydroxylation is 1. The Morgan fingerprint density at radius 2 is 2.08 bits per heavy atom. The normalized spacial score (nSPS) is 27.2. The summed E-state index contributed by atoms with van der Waals surface area (Å²) in [5, 5.41) is 25.1. The second-order valence-electron chi connectivity index (χ2n) is 7.53. The zero-order chi connectivity index (χ0) is 17.7. The Kier molecular flexibility index (Phi) is 3.56. The van der Waals surface area contributed by atoms with Crippen molar-refractivity contribution in [2.45, 2.75) is 38.3 Å². The SMILES string of the molecule is Cc1cc(Nc2cc3ncccc3c(NC3CC4CC3C[C@@H]4O)n2)n[nH]1. The molecule has 134 valence electrons. The molecule has 0 spiro atoms. The van der Waals surface area contributed by atoms with E-state index >= 15 is 0 Å². The molecule has 0 aromatic carbocycles. The fraction of sp³-hybridized carbons (Fsp3) is 0.421. The predicted molar refractivity (Wildman–Crippen MR) is 100 cm³/mol. The average Bonchev–Trinajstić information content (AvgIpc) is 3.31. The Labute approximate surface area is 151 Å². The van der Waals surface area contributed by atoms with Gasteiger partial charge in [-0.15, -0.1) is 0 Å². The van der Waals surface area contributed by atoms with Crippen molar-refractivity contribution in [3.63, 3.8) is 0 Å². The van der Waals surface area contributed by atoms with Crippen molar-refractivity contribution in [3.05, 3.63) is 36.2 Å². The van der Waals surface area contributed by atoms with Crippen LogP contribution in [0.15, 0.2) is 30.5 Å². The van der Waals surface area contributed by atoms with Crippen LogP contribution in [0.5, 0.6) is 0 Å². The molecule has 5 rings (SSSR count). The van der Waals surface area contributed by atoms with Crippen LogP contribution >= 0.6 is 0 Å². The molecular formula is C19H22N6O. The number of nitrogens with zero attached hydrogens (tertiary/aromatic N) is 3. The van der Waals surface area contributed by atoms with E-state index in [2.05, 4.69) is 25.8 Å². The molecule has 26 heavy (non-hydrogen) atoms. The summed E-state index contributed by atoms with van der Waals surface area (Å²) in [7, 11) is 0. The zero-order valence-corrected chi connectivity index (χ0v) is 14.6. The van der Waals surface area contributed by atoms with Crippen molar-refractivity contribution in [1.29, 1.82) is 0 Å². The van der Waals surface area contributed by atoms with Crippen molar-refractivity contribution in [2.24, 2.45) is 11.8 Å². The molecule has 2 fully saturated rings. The molecule has 0 amide bonds. The summed E-state index contributed by atoms with van der Waals surface area (Å²) in [6, 6.07) is 8.22. The molecule has 3 aromatic heterocycles. The van der Waals surface area contributed by atoms with E-state index in [1.807, 2.05) is 31.2 Å². The summed E-state index contributed by atoms with van der Waals surface area (Å²) >= 11 is 0. The van der Waals surface area contributed by atoms with Gasteiger partial charge in [0.05, 0.1) is 11.6 Å². The molecule has 4 atom stereocenters. The number of aliphatic hydroxyl groups is 1. The van der Waals surface area contributed by atoms with Gasteiger partial charge in [-0.25, -0.2) is 4.98 Å². The van der Waals surface area contributed by atoms with E-state index in [1.165, 1.54) is 0 Å². The number of fused-ring (bicyclic) bond motifs is 3. The van der Waals surface area contributed by atoms with E-state index in [1.54, 1.807) is 6.20 Å². The molecule has 2 bridgehead atoms. The van der Waals surface area contributed by atoms with Crippen LogP contribution in [0.25, 0.3) is 10.9 Å². The van der Waals surface area contributed by atoms with Crippen molar-refractivity contribution in [1.82, 2.24) is 20.2 Å². The predicted octanol–water partition coefficient (Wildman–Crippen LogP) is 2.98. The highest BCUT2D eigenvalue weighted by Crippen LogP contribution is 2.46. The zero-order valence-electron chi connectivity index (χ0n) is 14.6. The number of aromatic amines is 1. The van der Waals surface area contributed by atoms with Gasteiger partial charge in [0.15, 0.2) is 5.82 Å². The van der Waals surface area contributed by atoms with Crippen LogP contribution in [0.3, 0.4) is 0 Å². The molecule has 0 aliphatic heterocycles. The topological polar surface area (TPSA) is 98.8 Å². The fourth-order valence-electron chi connectivity index (χ4n) is 4.46. The average molecular weight is 350 g/mol. The van der Waals surface area contributed by atoms with Crippen LogP contribution in [0.1, 0.15) is 25.0 Å². The van der Waals surface area contributed by atoms with Crippen molar-refractivity contribution < 1.29 is 5.11 Å². The van der Waals surface area contributed by atoms with Gasteiger partial charge in [-0.2, -0.15) is 5.10 Å². The number of nitrogens with one attached hydrogen (secondary N) is 3. The second-order valence-corrected chi connectivity index (χ2v) is 7.53. The van der Waals surface area contributed by atoms with Crippen LogP contribution in [-0.2, 0) is 0 Å². The van der Waals surface area contributed by atoms with Crippen LogP contribution in [0.4, 0.5) is 17.5 Å². The van der Waals surface area contributed by atoms with Crippen LogP contribution in [0, 0.1) is 18.8 Å². The number of pyridine rings is 2. The molecule has 3 unspecified atom stereocenters. The molecule has 2 aliphatic rings. The van der Waals surface area contributed by atoms with Gasteiger partial charge in [0.2, 0.25) is 0 Å². The summed E-state index contributed by atoms with van der Waals surface area (Å²) in [5.41, 5.74) is 1.88. The minimum absolute atomic E-state index is 0.125. The number of hydrogen-bond acceptors (Lipinski definition) is 6. The summed E-state index contributed by atoms with van der Waals surface area (Å²) in [4.78, 5) is 9.29. The lowest BCUT2D eigenvalue weighted by Gasteiger charge is -2.26. The Hall–Kier alpha value is -2.67. The molecule has 4 N–H and O–H groups in total. The number of rotatable bonds is 4. The first-order chi connectivity index (χ1) is 12.7. The largest absolute Gasteiger partial charge is 0.393 e. The molecule has 0 saturated heterocycles. The van der Waals surface area contributed by atoms with E-state index in [-0.39, 0.29) is 6.10 Å². The lowest BCUT2D eigenvalue weighted by Crippen LogP contribution is -2.31. The molecule has 2 saturated carbocycles. The Morgan fingerprint density at radius 1 is 1.15 bits per heavy atom. The first-order valence-electron chi connectivity index (χ1n) is 9.15. The first-order valence-corrected chi connectivity index (χ1v) is 9.15. The second kappa shape index (κ2) is 5.95. The molecule has 2 aliphatic carbocycles. The van der Waals surface area contributed by atoms with Gasteiger partial charge in [-0.3, -0.25) is 10.1 Å². The van der Waals surface area contributed by atoms with Crippen molar-refractivity contribution >= 4 is 28.4 Å². The van der Waals surface area contributed by atoms with Gasteiger partial charge in [-0.1, -0.05) is 0 Å². The van der Waals surface area contributed by atoms with Gasteiger partial charge >= 0.3 is 0 Å². The van der Waals surface area contributed by atoms with E-state index < -0.39 is 0 Å². The fourth-order valence-corrected chi connectivity index (χ4v) is 4.46. The third-order valence-corrected chi connectivity index (χ3v) is 5.70. The number of anilines is 3. The van der Waals surface area contributed by atoms with E-state index in [9.17, 15) is 5.11 Å². The maximum absolute atomic E-state index is 10.0. The van der Waals surface area contributed by atoms with Crippen molar-refractivity contribution in [2.75, 3.05) is 10.6 Å². The van der Waals surface area contributed by atoms with Crippen LogP contribution < -0.4 is 10.6 Å². The number of H-pyrrole nitrogens is 1. The van der Waals surface area contributed by atoms with Gasteiger partial charge in [-0.05, 0) is 50.2 Å². The smallest absolute Gasteiger partial charge is 0.153 e. The molecule has 3 aromatic rings. The number of aliphatic hydroxyl groups excluding tert-OH is 1. The van der Waals surface area contributed by atoms with E-state index in [0.29, 0.717) is 23.7 Å². The van der Waals surface area contributed by atoms with E-state index in [4.69, 9.17) is 4.98 Å². The maximum atomic E-state index is 10.0. The summed E-state index contributed by atoms with van der Waals surface area (Å²) in [6.07, 6.45) is 4.68. The third-order valence-electron chi connectivity index (χ3n) is 5.70. The standard InChI is InChI=1S/C19H22N6O/c1-10-5-18(25-24-10)22-17-9-15-13(3-2-4-20-15)19(23-17)21-14-7-12-6-11(14)8-16(12)26/h2-5,9,11-12,14,16,26H,6-8H2,1H3,(H3,21,22,23,24,25)/t11?,12?,14?,16-/m0/s1. The Morgan fingerprint density at radius 3 is 2.81 bits per heavy atom. The lowest BCUT2D eigenvalue weighted by molar-refractivity contribution is 0.110. The monoisotopic (exact) mass is 350 g/mol. The third kappa shape index (κ3) is 2.68. The van der Waals surface area contributed by atoms with Gasteiger partial charge in [0, 0.05) is 35.5 Å². The minimum atomic E-state index is -0.125. The summed E-state index contributed by atoms with van der Waals surface area (Å²) in [6.45, 7) is 1.96. The van der Waals surface area contributed by atoms with Crippen molar-refractivity contribution in [3.8, 4) is 0 Å². The highest BCUT2D eigenvalue weighted by Gasteiger charge is 2.45. The minimum Gasteiger partial charge on any atom is -0.393 e. The molecular weight excluding hydrogens is 328 g/mol. The molecule has 0 radical (unpaired) electrons. The quantitative estimate of drug-likeness (QED) is 0.577. The first kappa shape index (κ1) is 15.6. The Balaban J connectivity index is 1.47.